The molecule has 0 aromatic heterocycles. The van der Waals surface area contributed by atoms with Crippen molar-refractivity contribution in [2.75, 3.05) is 11.8 Å². The number of thioether (sulfide) groups is 1. The average molecular weight is 396 g/mol. The summed E-state index contributed by atoms with van der Waals surface area (Å²) < 4.78 is 55.0. The second-order valence-corrected chi connectivity index (χ2v) is 8.70. The van der Waals surface area contributed by atoms with Crippen LogP contribution in [0.15, 0.2) is 47.4 Å². The Balaban J connectivity index is 2.08. The van der Waals surface area contributed by atoms with Gasteiger partial charge in [-0.15, -0.1) is 0 Å². The van der Waals surface area contributed by atoms with E-state index in [0.717, 1.165) is 5.56 Å². The van der Waals surface area contributed by atoms with Gasteiger partial charge in [-0.2, -0.15) is 13.2 Å². The number of nitrogens with one attached hydrogen (secondary N) is 1. The van der Waals surface area contributed by atoms with Crippen LogP contribution < -0.4 is 9.61 Å². The third kappa shape index (κ3) is 5.96. The van der Waals surface area contributed by atoms with Gasteiger partial charge in [0.15, 0.2) is 0 Å². The summed E-state index contributed by atoms with van der Waals surface area (Å²) in [5.41, 5.74) is -3.19. The lowest BCUT2D eigenvalue weighted by Gasteiger charge is -2.19. The first-order valence-corrected chi connectivity index (χ1v) is 9.98. The van der Waals surface area contributed by atoms with E-state index in [-0.39, 0.29) is 16.7 Å². The van der Waals surface area contributed by atoms with Gasteiger partial charge in [-0.3, -0.25) is 4.57 Å². The van der Waals surface area contributed by atoms with Crippen molar-refractivity contribution < 1.29 is 22.3 Å². The van der Waals surface area contributed by atoms with Gasteiger partial charge in [0.1, 0.15) is 5.75 Å². The number of halogens is 4. The summed E-state index contributed by atoms with van der Waals surface area (Å²) in [6.07, 6.45) is 0. The van der Waals surface area contributed by atoms with Crippen LogP contribution in [-0.2, 0) is 4.57 Å². The molecule has 0 spiro atoms. The van der Waals surface area contributed by atoms with Gasteiger partial charge < -0.3 is 9.61 Å². The lowest BCUT2D eigenvalue weighted by molar-refractivity contribution is -0.0328. The molecule has 0 amide bonds. The van der Waals surface area contributed by atoms with Crippen molar-refractivity contribution in [3.05, 3.63) is 53.1 Å². The zero-order chi connectivity index (χ0) is 18.0. The number of rotatable bonds is 5. The predicted octanol–water partition coefficient (Wildman–Crippen LogP) is 6.57. The van der Waals surface area contributed by atoms with Crippen LogP contribution in [0.25, 0.3) is 0 Å². The molecule has 0 radical (unpaired) electrons. The highest BCUT2D eigenvalue weighted by atomic mass is 35.5. The fourth-order valence-corrected chi connectivity index (χ4v) is 3.79. The van der Waals surface area contributed by atoms with E-state index in [2.05, 4.69) is 5.09 Å². The van der Waals surface area contributed by atoms with E-state index in [1.807, 2.05) is 0 Å². The molecule has 1 atom stereocenters. The standard InChI is InChI=1S/C15H14ClF3NO2PS/c1-10-3-4-11(16)9-14(10)22-23(2,21)20-12-5-7-13(8-6-12)24-15(17,18)19/h3-9H,1-2H3,(H,20,21)/t23-/m1/s1. The molecule has 0 unspecified atom stereocenters. The fraction of sp³-hybridized carbons (Fsp3) is 0.200. The SMILES string of the molecule is Cc1ccc(Cl)cc1O[P@@](C)(=O)Nc1ccc(SC(F)(F)F)cc1. The Hall–Kier alpha value is -1.30. The Bertz CT molecular complexity index is 768. The number of benzene rings is 2. The van der Waals surface area contributed by atoms with Gasteiger partial charge in [-0.1, -0.05) is 17.7 Å². The molecule has 2 aromatic rings. The summed E-state index contributed by atoms with van der Waals surface area (Å²) in [4.78, 5) is 0.0468. The summed E-state index contributed by atoms with van der Waals surface area (Å²) in [5.74, 6) is 0.380. The molecule has 0 aliphatic rings. The Kier molecular flexibility index (Phi) is 5.78. The van der Waals surface area contributed by atoms with Crippen molar-refractivity contribution in [3.63, 3.8) is 0 Å². The fourth-order valence-electron chi connectivity index (χ4n) is 1.85. The third-order valence-electron chi connectivity index (χ3n) is 2.84. The van der Waals surface area contributed by atoms with Gasteiger partial charge >= 0.3 is 13.0 Å². The van der Waals surface area contributed by atoms with Crippen molar-refractivity contribution >= 4 is 36.6 Å². The van der Waals surface area contributed by atoms with Crippen molar-refractivity contribution in [2.24, 2.45) is 0 Å². The van der Waals surface area contributed by atoms with E-state index >= 15 is 0 Å². The van der Waals surface area contributed by atoms with Crippen LogP contribution in [0.5, 0.6) is 5.75 Å². The maximum atomic E-state index is 12.6. The highest BCUT2D eigenvalue weighted by molar-refractivity contribution is 8.00. The second kappa shape index (κ2) is 7.30. The van der Waals surface area contributed by atoms with E-state index in [1.165, 1.54) is 30.9 Å². The Morgan fingerprint density at radius 3 is 2.38 bits per heavy atom. The Morgan fingerprint density at radius 2 is 1.79 bits per heavy atom. The van der Waals surface area contributed by atoms with E-state index in [9.17, 15) is 17.7 Å². The van der Waals surface area contributed by atoms with Crippen molar-refractivity contribution in [1.29, 1.82) is 0 Å². The molecule has 9 heteroatoms. The molecule has 0 aliphatic carbocycles. The number of hydrogen-bond donors (Lipinski definition) is 1. The van der Waals surface area contributed by atoms with Gasteiger partial charge in [0, 0.05) is 22.3 Å². The highest BCUT2D eigenvalue weighted by Crippen LogP contribution is 2.45. The zero-order valence-electron chi connectivity index (χ0n) is 12.7. The predicted molar refractivity (Wildman–Crippen MR) is 92.3 cm³/mol. The minimum atomic E-state index is -4.35. The topological polar surface area (TPSA) is 38.3 Å². The van der Waals surface area contributed by atoms with Gasteiger partial charge in [0.05, 0.1) is 0 Å². The van der Waals surface area contributed by atoms with Crippen molar-refractivity contribution in [1.82, 2.24) is 0 Å². The van der Waals surface area contributed by atoms with E-state index in [4.69, 9.17) is 16.1 Å². The molecule has 0 heterocycles. The summed E-state index contributed by atoms with van der Waals surface area (Å²) in [7, 11) is -3.28. The maximum absolute atomic E-state index is 12.6. The number of alkyl halides is 3. The molecule has 0 aliphatic heterocycles. The molecule has 24 heavy (non-hydrogen) atoms. The smallest absolute Gasteiger partial charge is 0.429 e. The van der Waals surface area contributed by atoms with Gasteiger partial charge in [-0.05, 0) is 60.6 Å². The molecule has 1 N–H and O–H groups in total. The Labute approximate surface area is 147 Å². The van der Waals surface area contributed by atoms with Crippen LogP contribution in [0.1, 0.15) is 5.56 Å². The normalized spacial score (nSPS) is 14.1. The molecular formula is C15H14ClF3NO2PS. The first-order valence-electron chi connectivity index (χ1n) is 6.71. The van der Waals surface area contributed by atoms with E-state index < -0.39 is 13.0 Å². The van der Waals surface area contributed by atoms with Gasteiger partial charge in [0.25, 0.3) is 0 Å². The minimum Gasteiger partial charge on any atom is -0.429 e. The van der Waals surface area contributed by atoms with Crippen LogP contribution in [-0.4, -0.2) is 12.2 Å². The summed E-state index contributed by atoms with van der Waals surface area (Å²) >= 11 is 5.68. The second-order valence-electron chi connectivity index (χ2n) is 5.03. The molecule has 2 aromatic carbocycles. The molecule has 0 bridgehead atoms. The van der Waals surface area contributed by atoms with E-state index in [1.54, 1.807) is 25.1 Å². The van der Waals surface area contributed by atoms with Crippen LogP contribution in [0, 0.1) is 6.92 Å². The summed E-state index contributed by atoms with van der Waals surface area (Å²) in [5, 5.41) is 3.15. The number of hydrogen-bond acceptors (Lipinski definition) is 3. The molecule has 2 rings (SSSR count). The van der Waals surface area contributed by atoms with Crippen molar-refractivity contribution in [2.45, 2.75) is 17.3 Å². The summed E-state index contributed by atoms with van der Waals surface area (Å²) in [6.45, 7) is 3.17. The largest absolute Gasteiger partial charge is 0.446 e. The molecule has 130 valence electrons. The average Bonchev–Trinajstić information content (AvgIpc) is 2.43. The molecule has 0 fully saturated rings. The van der Waals surface area contributed by atoms with Crippen LogP contribution in [0.4, 0.5) is 18.9 Å². The van der Waals surface area contributed by atoms with Gasteiger partial charge in [-0.25, -0.2) is 0 Å². The first kappa shape index (κ1) is 19.0. The van der Waals surface area contributed by atoms with Crippen LogP contribution in [0.3, 0.4) is 0 Å². The zero-order valence-corrected chi connectivity index (χ0v) is 15.2. The molecule has 0 saturated heterocycles. The summed E-state index contributed by atoms with van der Waals surface area (Å²) in [6, 6.07) is 10.4. The molecule has 0 saturated carbocycles. The highest BCUT2D eigenvalue weighted by Gasteiger charge is 2.29. The molecular weight excluding hydrogens is 382 g/mol. The number of anilines is 1. The van der Waals surface area contributed by atoms with Crippen LogP contribution >= 0.6 is 30.9 Å². The van der Waals surface area contributed by atoms with Gasteiger partial charge in [0.2, 0.25) is 0 Å². The quantitative estimate of drug-likeness (QED) is 0.458. The molecule has 3 nitrogen and oxygen atoms in total. The third-order valence-corrected chi connectivity index (χ3v) is 5.03. The minimum absolute atomic E-state index is 0.0468. The lowest BCUT2D eigenvalue weighted by atomic mass is 10.2. The van der Waals surface area contributed by atoms with E-state index in [0.29, 0.717) is 16.5 Å². The maximum Gasteiger partial charge on any atom is 0.446 e. The first-order chi connectivity index (χ1) is 11.0. The van der Waals surface area contributed by atoms with Crippen LogP contribution in [0.2, 0.25) is 5.02 Å². The Morgan fingerprint density at radius 1 is 1.17 bits per heavy atom. The number of aryl methyl sites for hydroxylation is 1. The van der Waals surface area contributed by atoms with Crippen molar-refractivity contribution in [3.8, 4) is 5.75 Å². The lowest BCUT2D eigenvalue weighted by Crippen LogP contribution is -2.03. The monoisotopic (exact) mass is 395 g/mol.